The van der Waals surface area contributed by atoms with Crippen molar-refractivity contribution in [2.75, 3.05) is 20.2 Å². The molecule has 0 radical (unpaired) electrons. The lowest BCUT2D eigenvalue weighted by atomic mass is 9.98. The van der Waals surface area contributed by atoms with Crippen molar-refractivity contribution in [1.82, 2.24) is 9.62 Å². The lowest BCUT2D eigenvalue weighted by Gasteiger charge is -2.32. The van der Waals surface area contributed by atoms with Crippen LogP contribution in [0.25, 0.3) is 0 Å². The van der Waals surface area contributed by atoms with Crippen molar-refractivity contribution >= 4 is 15.9 Å². The summed E-state index contributed by atoms with van der Waals surface area (Å²) in [7, 11) is -2.31. The summed E-state index contributed by atoms with van der Waals surface area (Å²) in [6.45, 7) is 6.55. The molecule has 2 aromatic rings. The predicted molar refractivity (Wildman–Crippen MR) is 122 cm³/mol. The first kappa shape index (κ1) is 23.3. The normalized spacial score (nSPS) is 18.5. The van der Waals surface area contributed by atoms with Gasteiger partial charge < -0.3 is 10.1 Å². The highest BCUT2D eigenvalue weighted by Gasteiger charge is 2.35. The molecule has 2 aromatic carbocycles. The second-order valence-corrected chi connectivity index (χ2v) is 10.3. The average Bonchev–Trinajstić information content (AvgIpc) is 2.79. The minimum Gasteiger partial charge on any atom is -0.495 e. The third kappa shape index (κ3) is 5.28. The molecule has 7 heteroatoms. The quantitative estimate of drug-likeness (QED) is 0.698. The zero-order valence-electron chi connectivity index (χ0n) is 18.7. The maximum atomic E-state index is 13.5. The Morgan fingerprint density at radius 3 is 2.45 bits per heavy atom. The molecule has 2 atom stereocenters. The Hall–Kier alpha value is -2.38. The van der Waals surface area contributed by atoms with Crippen molar-refractivity contribution in [3.8, 4) is 5.75 Å². The fraction of sp³-hybridized carbons (Fsp3) is 0.458. The highest BCUT2D eigenvalue weighted by Crippen LogP contribution is 2.32. The van der Waals surface area contributed by atoms with E-state index in [4.69, 9.17) is 4.74 Å². The number of hydrogen-bond acceptors (Lipinski definition) is 4. The van der Waals surface area contributed by atoms with E-state index in [0.29, 0.717) is 25.1 Å². The second-order valence-electron chi connectivity index (χ2n) is 8.41. The van der Waals surface area contributed by atoms with Crippen LogP contribution in [0.3, 0.4) is 0 Å². The number of amides is 1. The monoisotopic (exact) mass is 444 g/mol. The summed E-state index contributed by atoms with van der Waals surface area (Å²) in [5.74, 6) is 0.0287. The van der Waals surface area contributed by atoms with Crippen molar-refractivity contribution in [2.24, 2.45) is 5.92 Å². The van der Waals surface area contributed by atoms with Gasteiger partial charge in [-0.25, -0.2) is 8.42 Å². The van der Waals surface area contributed by atoms with E-state index in [2.05, 4.69) is 5.32 Å². The van der Waals surface area contributed by atoms with Crippen LogP contribution in [-0.4, -0.2) is 38.8 Å². The maximum Gasteiger partial charge on any atom is 0.246 e. The van der Waals surface area contributed by atoms with Crippen molar-refractivity contribution in [2.45, 2.75) is 50.5 Å². The number of piperidine rings is 1. The molecule has 0 unspecified atom stereocenters. The van der Waals surface area contributed by atoms with Gasteiger partial charge in [-0.15, -0.1) is 0 Å². The molecular formula is C24H32N2O4S. The second kappa shape index (κ2) is 9.83. The van der Waals surface area contributed by atoms with Crippen LogP contribution in [0.1, 0.15) is 56.7 Å². The van der Waals surface area contributed by atoms with Gasteiger partial charge in [0.1, 0.15) is 10.6 Å². The number of carbonyl (C=O) groups is 1. The molecule has 0 saturated carbocycles. The summed E-state index contributed by atoms with van der Waals surface area (Å²) in [5.41, 5.74) is 1.95. The molecule has 0 aliphatic carbocycles. The summed E-state index contributed by atoms with van der Waals surface area (Å²) in [6, 6.07) is 14.9. The number of hydrogen-bond donors (Lipinski definition) is 1. The molecular weight excluding hydrogens is 412 g/mol. The topological polar surface area (TPSA) is 75.7 Å². The summed E-state index contributed by atoms with van der Waals surface area (Å²) in [6.07, 6.45) is 1.31. The van der Waals surface area contributed by atoms with Crippen LogP contribution in [0.5, 0.6) is 5.75 Å². The van der Waals surface area contributed by atoms with Crippen molar-refractivity contribution in [3.63, 3.8) is 0 Å². The van der Waals surface area contributed by atoms with E-state index in [1.807, 2.05) is 57.2 Å². The van der Waals surface area contributed by atoms with Crippen LogP contribution < -0.4 is 10.1 Å². The van der Waals surface area contributed by atoms with E-state index in [1.165, 1.54) is 11.4 Å². The molecule has 6 nitrogen and oxygen atoms in total. The number of ether oxygens (including phenoxy) is 1. The minimum atomic E-state index is -3.78. The number of benzene rings is 2. The molecule has 3 rings (SSSR count). The molecule has 1 heterocycles. The Morgan fingerprint density at radius 2 is 1.81 bits per heavy atom. The van der Waals surface area contributed by atoms with E-state index >= 15 is 0 Å². The van der Waals surface area contributed by atoms with E-state index in [1.54, 1.807) is 12.1 Å². The third-order valence-corrected chi connectivity index (χ3v) is 7.77. The molecule has 31 heavy (non-hydrogen) atoms. The van der Waals surface area contributed by atoms with Gasteiger partial charge >= 0.3 is 0 Å². The number of nitrogens with one attached hydrogen (secondary N) is 1. The molecule has 1 aliphatic heterocycles. The fourth-order valence-electron chi connectivity index (χ4n) is 3.92. The van der Waals surface area contributed by atoms with Gasteiger partial charge in [0.05, 0.1) is 19.1 Å². The Bertz CT molecular complexity index is 1010. The zero-order valence-corrected chi connectivity index (χ0v) is 19.5. The molecule has 1 saturated heterocycles. The lowest BCUT2D eigenvalue weighted by Crippen LogP contribution is -2.45. The molecule has 1 fully saturated rings. The smallest absolute Gasteiger partial charge is 0.246 e. The first-order valence-corrected chi connectivity index (χ1v) is 12.2. The van der Waals surface area contributed by atoms with Crippen molar-refractivity contribution in [3.05, 3.63) is 59.7 Å². The highest BCUT2D eigenvalue weighted by molar-refractivity contribution is 7.89. The molecule has 0 spiro atoms. The van der Waals surface area contributed by atoms with Crippen molar-refractivity contribution < 1.29 is 17.9 Å². The molecule has 1 N–H and O–H groups in total. The number of methoxy groups -OCH3 is 1. The lowest BCUT2D eigenvalue weighted by molar-refractivity contribution is -0.126. The zero-order chi connectivity index (χ0) is 22.6. The van der Waals surface area contributed by atoms with Gasteiger partial charge in [0.2, 0.25) is 15.9 Å². The summed E-state index contributed by atoms with van der Waals surface area (Å²) < 4.78 is 33.7. The SMILES string of the molecule is COc1ccc(C(C)C)cc1S(=O)(=O)N1CCC[C@@H](C(=O)N[C@H](C)c2ccccc2)C1. The number of carbonyl (C=O) groups excluding carboxylic acids is 1. The summed E-state index contributed by atoms with van der Waals surface area (Å²) in [4.78, 5) is 13.1. The van der Waals surface area contributed by atoms with Gasteiger partial charge in [-0.2, -0.15) is 4.31 Å². The fourth-order valence-corrected chi connectivity index (χ4v) is 5.64. The molecule has 1 aliphatic rings. The van der Waals surface area contributed by atoms with Gasteiger partial charge in [0, 0.05) is 13.1 Å². The molecule has 0 bridgehead atoms. The van der Waals surface area contributed by atoms with Gasteiger partial charge in [-0.3, -0.25) is 4.79 Å². The van der Waals surface area contributed by atoms with E-state index in [-0.39, 0.29) is 35.2 Å². The largest absolute Gasteiger partial charge is 0.495 e. The molecule has 168 valence electrons. The van der Waals surface area contributed by atoms with Gasteiger partial charge in [-0.05, 0) is 48.9 Å². The van der Waals surface area contributed by atoms with Gasteiger partial charge in [-0.1, -0.05) is 50.2 Å². The maximum absolute atomic E-state index is 13.5. The minimum absolute atomic E-state index is 0.112. The van der Waals surface area contributed by atoms with Crippen LogP contribution in [0, 0.1) is 5.92 Å². The average molecular weight is 445 g/mol. The van der Waals surface area contributed by atoms with E-state index < -0.39 is 10.0 Å². The first-order chi connectivity index (χ1) is 14.7. The Balaban J connectivity index is 1.78. The first-order valence-electron chi connectivity index (χ1n) is 10.8. The number of rotatable bonds is 7. The standard InChI is InChI=1S/C24H32N2O4S/c1-17(2)20-12-13-22(30-4)23(15-20)31(28,29)26-14-8-11-21(16-26)24(27)25-18(3)19-9-6-5-7-10-19/h5-7,9-10,12-13,15,17-18,21H,8,11,14,16H2,1-4H3,(H,25,27)/t18-,21-/m1/s1. The number of nitrogens with zero attached hydrogens (tertiary/aromatic N) is 1. The van der Waals surface area contributed by atoms with E-state index in [0.717, 1.165) is 11.1 Å². The third-order valence-electron chi connectivity index (χ3n) is 5.89. The Morgan fingerprint density at radius 1 is 1.10 bits per heavy atom. The number of sulfonamides is 1. The summed E-state index contributed by atoms with van der Waals surface area (Å²) >= 11 is 0. The van der Waals surface area contributed by atoms with E-state index in [9.17, 15) is 13.2 Å². The van der Waals surface area contributed by atoms with Gasteiger partial charge in [0.25, 0.3) is 0 Å². The van der Waals surface area contributed by atoms with Crippen LogP contribution >= 0.6 is 0 Å². The molecule has 0 aromatic heterocycles. The van der Waals surface area contributed by atoms with Crippen molar-refractivity contribution in [1.29, 1.82) is 0 Å². The van der Waals surface area contributed by atoms with Gasteiger partial charge in [0.15, 0.2) is 0 Å². The predicted octanol–water partition coefficient (Wildman–Crippen LogP) is 4.10. The van der Waals surface area contributed by atoms with Crippen LogP contribution in [0.4, 0.5) is 0 Å². The molecule has 1 amide bonds. The van der Waals surface area contributed by atoms with Crippen LogP contribution in [0.15, 0.2) is 53.4 Å². The highest BCUT2D eigenvalue weighted by atomic mass is 32.2. The summed E-state index contributed by atoms with van der Waals surface area (Å²) in [5, 5.41) is 3.04. The van der Waals surface area contributed by atoms with Crippen LogP contribution in [0.2, 0.25) is 0 Å². The van der Waals surface area contributed by atoms with Crippen LogP contribution in [-0.2, 0) is 14.8 Å². The Labute approximate surface area is 185 Å². The Kier molecular flexibility index (Phi) is 7.38.